The van der Waals surface area contributed by atoms with E-state index in [-0.39, 0.29) is 12.6 Å². The molecular weight excluding hydrogens is 412 g/mol. The zero-order chi connectivity index (χ0) is 21.9. The van der Waals surface area contributed by atoms with E-state index in [2.05, 4.69) is 30.8 Å². The van der Waals surface area contributed by atoms with Crippen molar-refractivity contribution in [3.63, 3.8) is 0 Å². The average molecular weight is 443 g/mol. The number of hydrogen-bond acceptors (Lipinski definition) is 9. The lowest BCUT2D eigenvalue weighted by Gasteiger charge is -2.58. The Bertz CT molecular complexity index is 983. The van der Waals surface area contributed by atoms with Crippen LogP contribution < -0.4 is 15.4 Å². The van der Waals surface area contributed by atoms with Crippen molar-refractivity contribution in [1.29, 1.82) is 0 Å². The Kier molecular flexibility index (Phi) is 4.78. The molecule has 0 radical (unpaired) electrons. The van der Waals surface area contributed by atoms with E-state index in [1.807, 2.05) is 13.0 Å². The Morgan fingerprint density at radius 1 is 1.12 bits per heavy atom. The van der Waals surface area contributed by atoms with Crippen molar-refractivity contribution in [2.75, 3.05) is 23.8 Å². The summed E-state index contributed by atoms with van der Waals surface area (Å²) in [7, 11) is 0. The number of nitrogens with zero attached hydrogens (tertiary/aromatic N) is 3. The van der Waals surface area contributed by atoms with Gasteiger partial charge in [0.2, 0.25) is 11.8 Å². The van der Waals surface area contributed by atoms with E-state index in [0.717, 1.165) is 37.8 Å². The van der Waals surface area contributed by atoms with Crippen LogP contribution in [0.5, 0.6) is 5.88 Å². The minimum Gasteiger partial charge on any atom is -0.469 e. The second-order valence-electron chi connectivity index (χ2n) is 10.1. The zero-order valence-corrected chi connectivity index (χ0v) is 18.1. The fraction of sp³-hybridized carbons (Fsp3) is 0.682. The highest BCUT2D eigenvalue weighted by Gasteiger charge is 2.54. The van der Waals surface area contributed by atoms with Crippen LogP contribution in [0.25, 0.3) is 0 Å². The highest BCUT2D eigenvalue weighted by atomic mass is 16.6. The summed E-state index contributed by atoms with van der Waals surface area (Å²) in [4.78, 5) is 9.28. The minimum absolute atomic E-state index is 0.239. The van der Waals surface area contributed by atoms with Crippen molar-refractivity contribution < 1.29 is 19.7 Å². The van der Waals surface area contributed by atoms with Crippen LogP contribution in [0.15, 0.2) is 12.1 Å². The standard InChI is InChI=1S/C22H30N6O4/c1-11-2-18(28-27-11)23-17-5-19(32-16-10-31-9-15(16)29)25-21(24-17)26-20-13-3-12-4-14(20)8-22(30,6-12)7-13/h2,5,12-16,20,29-30H,3-4,6-10H2,1H3,(H3,23,24,25,26,27,28)/t12?,13?,14?,15-,16+,20?,22?/m1/s1. The number of aromatic amines is 1. The fourth-order valence-electron chi connectivity index (χ4n) is 6.38. The summed E-state index contributed by atoms with van der Waals surface area (Å²) in [6.45, 7) is 2.51. The number of aliphatic hydroxyl groups is 2. The number of rotatable bonds is 6. The third-order valence-electron chi connectivity index (χ3n) is 7.47. The molecule has 1 saturated heterocycles. The van der Waals surface area contributed by atoms with Crippen LogP contribution in [0.3, 0.4) is 0 Å². The van der Waals surface area contributed by atoms with E-state index in [1.165, 1.54) is 0 Å². The molecule has 7 rings (SSSR count). The average Bonchev–Trinajstić information content (AvgIpc) is 3.31. The largest absolute Gasteiger partial charge is 0.469 e. The number of nitrogens with one attached hydrogen (secondary N) is 3. The fourth-order valence-corrected chi connectivity index (χ4v) is 6.38. The molecule has 5 N–H and O–H groups in total. The van der Waals surface area contributed by atoms with Gasteiger partial charge in [-0.1, -0.05) is 0 Å². The molecule has 5 aliphatic rings. The molecule has 32 heavy (non-hydrogen) atoms. The second-order valence-corrected chi connectivity index (χ2v) is 10.1. The van der Waals surface area contributed by atoms with Gasteiger partial charge in [0, 0.05) is 23.9 Å². The normalized spacial score (nSPS) is 37.6. The number of hydrogen-bond donors (Lipinski definition) is 5. The van der Waals surface area contributed by atoms with Crippen LogP contribution in [0, 0.1) is 24.7 Å². The van der Waals surface area contributed by atoms with Crippen molar-refractivity contribution in [3.05, 3.63) is 17.8 Å². The van der Waals surface area contributed by atoms with Crippen molar-refractivity contribution >= 4 is 17.6 Å². The van der Waals surface area contributed by atoms with Crippen LogP contribution in [-0.2, 0) is 4.74 Å². The van der Waals surface area contributed by atoms with Crippen molar-refractivity contribution in [2.24, 2.45) is 17.8 Å². The molecule has 10 nitrogen and oxygen atoms in total. The number of ether oxygens (including phenoxy) is 2. The third-order valence-corrected chi connectivity index (χ3v) is 7.47. The first kappa shape index (κ1) is 20.2. The molecule has 2 aromatic heterocycles. The molecule has 4 bridgehead atoms. The molecule has 4 saturated carbocycles. The third kappa shape index (κ3) is 3.80. The van der Waals surface area contributed by atoms with Crippen LogP contribution in [0.4, 0.5) is 17.6 Å². The van der Waals surface area contributed by atoms with Crippen molar-refractivity contribution in [1.82, 2.24) is 20.2 Å². The van der Waals surface area contributed by atoms with Crippen LogP contribution >= 0.6 is 0 Å². The van der Waals surface area contributed by atoms with E-state index < -0.39 is 17.8 Å². The molecule has 4 aliphatic carbocycles. The van der Waals surface area contributed by atoms with Gasteiger partial charge in [0.15, 0.2) is 11.9 Å². The topological polar surface area (TPSA) is 137 Å². The van der Waals surface area contributed by atoms with E-state index in [0.29, 0.717) is 47.8 Å². The summed E-state index contributed by atoms with van der Waals surface area (Å²) >= 11 is 0. The van der Waals surface area contributed by atoms with E-state index in [9.17, 15) is 10.2 Å². The van der Waals surface area contributed by atoms with E-state index in [4.69, 9.17) is 9.47 Å². The maximum atomic E-state index is 10.9. The molecule has 1 aliphatic heterocycles. The van der Waals surface area contributed by atoms with Gasteiger partial charge in [-0.05, 0) is 56.8 Å². The molecule has 5 fully saturated rings. The molecule has 0 spiro atoms. The number of aryl methyl sites for hydroxylation is 1. The first-order valence-corrected chi connectivity index (χ1v) is 11.5. The van der Waals surface area contributed by atoms with E-state index >= 15 is 0 Å². The quantitative estimate of drug-likeness (QED) is 0.453. The van der Waals surface area contributed by atoms with E-state index in [1.54, 1.807) is 6.07 Å². The molecule has 4 atom stereocenters. The maximum absolute atomic E-state index is 10.9. The monoisotopic (exact) mass is 442 g/mol. The summed E-state index contributed by atoms with van der Waals surface area (Å²) in [5, 5.41) is 34.9. The first-order chi connectivity index (χ1) is 15.4. The van der Waals surface area contributed by atoms with Gasteiger partial charge < -0.3 is 30.3 Å². The van der Waals surface area contributed by atoms with Gasteiger partial charge in [0.05, 0.1) is 18.8 Å². The van der Waals surface area contributed by atoms with Gasteiger partial charge in [-0.15, -0.1) is 0 Å². The Labute approximate surface area is 186 Å². The summed E-state index contributed by atoms with van der Waals surface area (Å²) in [5.74, 6) is 3.54. The Morgan fingerprint density at radius 3 is 2.59 bits per heavy atom. The van der Waals surface area contributed by atoms with Gasteiger partial charge in [-0.25, -0.2) is 0 Å². The molecule has 2 unspecified atom stereocenters. The lowest BCUT2D eigenvalue weighted by Crippen LogP contribution is -2.59. The van der Waals surface area contributed by atoms with Crippen LogP contribution in [-0.4, -0.2) is 67.4 Å². The highest BCUT2D eigenvalue weighted by molar-refractivity contribution is 5.55. The van der Waals surface area contributed by atoms with Gasteiger partial charge in [0.1, 0.15) is 11.9 Å². The SMILES string of the molecule is Cc1cc(Nc2cc(O[C@H]3COC[C@H]3O)nc(NC3C4CC5CC3CC(O)(C5)C4)n2)n[nH]1. The molecule has 0 amide bonds. The maximum Gasteiger partial charge on any atom is 0.228 e. The second kappa shape index (κ2) is 7.57. The predicted molar refractivity (Wildman–Crippen MR) is 116 cm³/mol. The molecule has 10 heteroatoms. The van der Waals surface area contributed by atoms with Crippen molar-refractivity contribution in [2.45, 2.75) is 62.9 Å². The Hall–Kier alpha value is -2.43. The number of H-pyrrole nitrogens is 1. The molecule has 0 aromatic carbocycles. The Balaban J connectivity index is 1.26. The van der Waals surface area contributed by atoms with Crippen molar-refractivity contribution in [3.8, 4) is 5.88 Å². The Morgan fingerprint density at radius 2 is 1.94 bits per heavy atom. The number of aliphatic hydroxyl groups excluding tert-OH is 1. The van der Waals surface area contributed by atoms with Crippen LogP contribution in [0.2, 0.25) is 0 Å². The molecule has 172 valence electrons. The lowest BCUT2D eigenvalue weighted by molar-refractivity contribution is -0.129. The lowest BCUT2D eigenvalue weighted by atomic mass is 9.52. The minimum atomic E-state index is -0.683. The van der Waals surface area contributed by atoms with Gasteiger partial charge in [0.25, 0.3) is 0 Å². The number of anilines is 3. The first-order valence-electron chi connectivity index (χ1n) is 11.5. The number of aromatic nitrogens is 4. The molecule has 3 heterocycles. The van der Waals surface area contributed by atoms with Gasteiger partial charge in [-0.2, -0.15) is 15.1 Å². The van der Waals surface area contributed by atoms with Gasteiger partial charge >= 0.3 is 0 Å². The molecule has 2 aromatic rings. The smallest absolute Gasteiger partial charge is 0.228 e. The summed E-state index contributed by atoms with van der Waals surface area (Å²) in [6.07, 6.45) is 3.79. The summed E-state index contributed by atoms with van der Waals surface area (Å²) in [6, 6.07) is 3.84. The summed E-state index contributed by atoms with van der Waals surface area (Å²) < 4.78 is 11.3. The predicted octanol–water partition coefficient (Wildman–Crippen LogP) is 1.74. The molecular formula is C22H30N6O4. The van der Waals surface area contributed by atoms with Gasteiger partial charge in [-0.3, -0.25) is 5.10 Å². The van der Waals surface area contributed by atoms with Crippen LogP contribution in [0.1, 0.15) is 37.8 Å². The summed E-state index contributed by atoms with van der Waals surface area (Å²) in [5.41, 5.74) is 0.457. The zero-order valence-electron chi connectivity index (χ0n) is 18.1. The highest BCUT2D eigenvalue weighted by Crippen LogP contribution is 2.56.